The monoisotopic (exact) mass is 275 g/mol. The summed E-state index contributed by atoms with van der Waals surface area (Å²) in [5, 5.41) is 0. The van der Waals surface area contributed by atoms with Gasteiger partial charge in [-0.25, -0.2) is 0 Å². The fraction of sp³-hybridized carbons (Fsp3) is 0.647. The lowest BCUT2D eigenvalue weighted by Gasteiger charge is -2.30. The fourth-order valence-electron chi connectivity index (χ4n) is 3.25. The van der Waals surface area contributed by atoms with Gasteiger partial charge < -0.3 is 15.5 Å². The zero-order valence-corrected chi connectivity index (χ0v) is 13.1. The van der Waals surface area contributed by atoms with Gasteiger partial charge >= 0.3 is 0 Å². The summed E-state index contributed by atoms with van der Waals surface area (Å²) in [6.45, 7) is 5.72. The van der Waals surface area contributed by atoms with Gasteiger partial charge in [0.1, 0.15) is 0 Å². The number of hydrogen-bond donors (Lipinski definition) is 1. The van der Waals surface area contributed by atoms with Gasteiger partial charge in [0.15, 0.2) is 0 Å². The van der Waals surface area contributed by atoms with Crippen molar-refractivity contribution in [2.45, 2.75) is 31.8 Å². The van der Waals surface area contributed by atoms with Crippen LogP contribution in [-0.2, 0) is 0 Å². The molecule has 0 saturated carbocycles. The van der Waals surface area contributed by atoms with Gasteiger partial charge in [0.2, 0.25) is 0 Å². The lowest BCUT2D eigenvalue weighted by atomic mass is 9.95. The summed E-state index contributed by atoms with van der Waals surface area (Å²) in [6.07, 6.45) is 2.67. The van der Waals surface area contributed by atoms with E-state index in [2.05, 4.69) is 55.1 Å². The maximum Gasteiger partial charge on any atom is 0.0333 e. The van der Waals surface area contributed by atoms with E-state index in [1.54, 1.807) is 0 Å². The van der Waals surface area contributed by atoms with Crippen LogP contribution in [0, 0.1) is 5.92 Å². The third-order valence-electron chi connectivity index (χ3n) is 4.59. The number of likely N-dealkylation sites (tertiary alicyclic amines) is 1. The number of rotatable bonds is 6. The summed E-state index contributed by atoms with van der Waals surface area (Å²) in [5.74, 6) is 0.467. The van der Waals surface area contributed by atoms with Crippen molar-refractivity contribution in [3.63, 3.8) is 0 Å². The van der Waals surface area contributed by atoms with Crippen LogP contribution < -0.4 is 5.73 Å². The van der Waals surface area contributed by atoms with Crippen LogP contribution in [0.1, 0.15) is 31.4 Å². The number of nitrogens with zero attached hydrogens (tertiary/aromatic N) is 2. The molecular weight excluding hydrogens is 246 g/mol. The van der Waals surface area contributed by atoms with Gasteiger partial charge in [-0.3, -0.25) is 0 Å². The molecule has 1 fully saturated rings. The number of benzene rings is 1. The van der Waals surface area contributed by atoms with E-state index in [0.717, 1.165) is 19.1 Å². The van der Waals surface area contributed by atoms with Crippen molar-refractivity contribution in [2.24, 2.45) is 11.7 Å². The average Bonchev–Trinajstić information content (AvgIpc) is 2.84. The molecule has 0 radical (unpaired) electrons. The summed E-state index contributed by atoms with van der Waals surface area (Å²) >= 11 is 0. The number of nitrogens with two attached hydrogens (primary N) is 1. The molecule has 1 aliphatic heterocycles. The first-order valence-electron chi connectivity index (χ1n) is 7.77. The topological polar surface area (TPSA) is 32.5 Å². The molecule has 1 aromatic rings. The van der Waals surface area contributed by atoms with Crippen LogP contribution in [0.15, 0.2) is 30.3 Å². The Balaban J connectivity index is 1.82. The molecule has 112 valence electrons. The minimum absolute atomic E-state index is 0.125. The minimum atomic E-state index is 0.125. The Morgan fingerprint density at radius 1 is 1.35 bits per heavy atom. The molecule has 20 heavy (non-hydrogen) atoms. The highest BCUT2D eigenvalue weighted by atomic mass is 15.2. The molecule has 1 aliphatic rings. The standard InChI is InChI=1S/C17H29N3/c1-14(17(18)15-8-5-4-6-9-15)12-19(2)13-16-10-7-11-20(16)3/h4-6,8-9,14,16-17H,7,10-13,18H2,1-3H3. The molecule has 0 aromatic heterocycles. The van der Waals surface area contributed by atoms with Gasteiger partial charge in [-0.15, -0.1) is 0 Å². The second kappa shape index (κ2) is 7.21. The van der Waals surface area contributed by atoms with Crippen molar-refractivity contribution in [1.29, 1.82) is 0 Å². The van der Waals surface area contributed by atoms with Gasteiger partial charge in [-0.2, -0.15) is 0 Å². The molecule has 2 rings (SSSR count). The normalized spacial score (nSPS) is 23.1. The first-order valence-corrected chi connectivity index (χ1v) is 7.77. The molecule has 3 unspecified atom stereocenters. The molecule has 3 nitrogen and oxygen atoms in total. The van der Waals surface area contributed by atoms with Crippen molar-refractivity contribution >= 4 is 0 Å². The Hall–Kier alpha value is -0.900. The molecule has 0 bridgehead atoms. The molecular formula is C17H29N3. The predicted octanol–water partition coefficient (Wildman–Crippen LogP) is 2.35. The number of hydrogen-bond acceptors (Lipinski definition) is 3. The highest BCUT2D eigenvalue weighted by Gasteiger charge is 2.23. The van der Waals surface area contributed by atoms with Crippen LogP contribution in [0.25, 0.3) is 0 Å². The second-order valence-electron chi connectivity index (χ2n) is 6.41. The highest BCUT2D eigenvalue weighted by Crippen LogP contribution is 2.21. The summed E-state index contributed by atoms with van der Waals surface area (Å²) in [4.78, 5) is 4.93. The third-order valence-corrected chi connectivity index (χ3v) is 4.59. The van der Waals surface area contributed by atoms with Crippen LogP contribution in [0.2, 0.25) is 0 Å². The SMILES string of the molecule is CC(CN(C)CC1CCCN1C)C(N)c1ccccc1. The molecule has 1 aromatic carbocycles. The van der Waals surface area contributed by atoms with Crippen molar-refractivity contribution in [2.75, 3.05) is 33.7 Å². The van der Waals surface area contributed by atoms with Crippen LogP contribution in [0.4, 0.5) is 0 Å². The zero-order chi connectivity index (χ0) is 14.5. The lowest BCUT2D eigenvalue weighted by Crippen LogP contribution is -2.39. The molecule has 2 N–H and O–H groups in total. The molecule has 0 spiro atoms. The van der Waals surface area contributed by atoms with E-state index in [1.165, 1.54) is 24.9 Å². The molecule has 3 heteroatoms. The van der Waals surface area contributed by atoms with E-state index in [0.29, 0.717) is 5.92 Å². The first-order chi connectivity index (χ1) is 9.58. The van der Waals surface area contributed by atoms with Gasteiger partial charge in [0.25, 0.3) is 0 Å². The summed E-state index contributed by atoms with van der Waals surface area (Å²) in [5.41, 5.74) is 7.63. The van der Waals surface area contributed by atoms with Crippen molar-refractivity contribution in [3.05, 3.63) is 35.9 Å². The Morgan fingerprint density at radius 2 is 2.05 bits per heavy atom. The van der Waals surface area contributed by atoms with Gasteiger partial charge in [-0.1, -0.05) is 37.3 Å². The fourth-order valence-corrected chi connectivity index (χ4v) is 3.25. The first kappa shape index (κ1) is 15.5. The maximum absolute atomic E-state index is 6.39. The van der Waals surface area contributed by atoms with Gasteiger partial charge in [0.05, 0.1) is 0 Å². The van der Waals surface area contributed by atoms with E-state index in [9.17, 15) is 0 Å². The van der Waals surface area contributed by atoms with E-state index in [-0.39, 0.29) is 6.04 Å². The zero-order valence-electron chi connectivity index (χ0n) is 13.1. The quantitative estimate of drug-likeness (QED) is 0.865. The maximum atomic E-state index is 6.39. The second-order valence-corrected chi connectivity index (χ2v) is 6.41. The van der Waals surface area contributed by atoms with Crippen molar-refractivity contribution < 1.29 is 0 Å². The molecule has 0 aliphatic carbocycles. The van der Waals surface area contributed by atoms with E-state index in [1.807, 2.05) is 6.07 Å². The molecule has 0 amide bonds. The van der Waals surface area contributed by atoms with Crippen molar-refractivity contribution in [1.82, 2.24) is 9.80 Å². The minimum Gasteiger partial charge on any atom is -0.324 e. The Kier molecular flexibility index (Phi) is 5.58. The largest absolute Gasteiger partial charge is 0.324 e. The lowest BCUT2D eigenvalue weighted by molar-refractivity contribution is 0.195. The van der Waals surface area contributed by atoms with E-state index < -0.39 is 0 Å². The predicted molar refractivity (Wildman–Crippen MR) is 85.7 cm³/mol. The molecule has 1 heterocycles. The highest BCUT2D eigenvalue weighted by molar-refractivity contribution is 5.19. The third kappa shape index (κ3) is 4.05. The van der Waals surface area contributed by atoms with Crippen LogP contribution >= 0.6 is 0 Å². The smallest absolute Gasteiger partial charge is 0.0333 e. The van der Waals surface area contributed by atoms with Gasteiger partial charge in [0, 0.05) is 25.2 Å². The summed E-state index contributed by atoms with van der Waals surface area (Å²) in [7, 11) is 4.46. The Bertz CT molecular complexity index is 392. The van der Waals surface area contributed by atoms with E-state index >= 15 is 0 Å². The molecule has 3 atom stereocenters. The Labute approximate surface area is 123 Å². The summed E-state index contributed by atoms with van der Waals surface area (Å²) < 4.78 is 0. The van der Waals surface area contributed by atoms with Crippen molar-refractivity contribution in [3.8, 4) is 0 Å². The van der Waals surface area contributed by atoms with Crippen LogP contribution in [0.5, 0.6) is 0 Å². The average molecular weight is 275 g/mol. The van der Waals surface area contributed by atoms with Crippen LogP contribution in [-0.4, -0.2) is 49.6 Å². The Morgan fingerprint density at radius 3 is 2.65 bits per heavy atom. The molecule has 1 saturated heterocycles. The summed E-state index contributed by atoms with van der Waals surface area (Å²) in [6, 6.07) is 11.3. The van der Waals surface area contributed by atoms with Gasteiger partial charge in [-0.05, 0) is 45.0 Å². The van der Waals surface area contributed by atoms with E-state index in [4.69, 9.17) is 5.73 Å². The number of likely N-dealkylation sites (N-methyl/N-ethyl adjacent to an activating group) is 2. The van der Waals surface area contributed by atoms with Crippen LogP contribution in [0.3, 0.4) is 0 Å².